The van der Waals surface area contributed by atoms with Crippen LogP contribution in [-0.4, -0.2) is 24.5 Å². The summed E-state index contributed by atoms with van der Waals surface area (Å²) in [5.41, 5.74) is 12.2. The van der Waals surface area contributed by atoms with Gasteiger partial charge in [-0.25, -0.2) is 4.79 Å². The number of azide groups is 1. The molecule has 1 aliphatic heterocycles. The molecule has 7 nitrogen and oxygen atoms in total. The molecular formula is C5H8N4O3. The maximum absolute atomic E-state index is 10.6. The van der Waals surface area contributed by atoms with Crippen LogP contribution in [0.15, 0.2) is 5.11 Å². The number of carbonyl (C=O) groups is 1. The van der Waals surface area contributed by atoms with E-state index in [-0.39, 0.29) is 6.54 Å². The van der Waals surface area contributed by atoms with Crippen molar-refractivity contribution in [2.24, 2.45) is 10.8 Å². The zero-order chi connectivity index (χ0) is 9.19. The van der Waals surface area contributed by atoms with Crippen LogP contribution in [0.5, 0.6) is 0 Å². The molecule has 2 atom stereocenters. The molecule has 0 bridgehead atoms. The minimum Gasteiger partial charge on any atom is -0.425 e. The van der Waals surface area contributed by atoms with Crippen molar-refractivity contribution in [1.29, 1.82) is 0 Å². The number of cyclic esters (lactones) is 2. The first-order valence-corrected chi connectivity index (χ1v) is 3.28. The Morgan fingerprint density at radius 1 is 1.92 bits per heavy atom. The molecule has 0 saturated carbocycles. The van der Waals surface area contributed by atoms with Crippen molar-refractivity contribution >= 4 is 6.16 Å². The van der Waals surface area contributed by atoms with E-state index in [4.69, 9.17) is 11.3 Å². The second kappa shape index (κ2) is 2.88. The molecule has 0 aromatic carbocycles. The number of hydrogen-bond acceptors (Lipinski definition) is 5. The fraction of sp³-hybridized carbons (Fsp3) is 0.800. The smallest absolute Gasteiger partial charge is 0.425 e. The van der Waals surface area contributed by atoms with Crippen molar-refractivity contribution in [3.05, 3.63) is 10.4 Å². The summed E-state index contributed by atoms with van der Waals surface area (Å²) < 4.78 is 9.22. The first-order chi connectivity index (χ1) is 5.58. The number of nitrogens with two attached hydrogens (primary N) is 1. The summed E-state index contributed by atoms with van der Waals surface area (Å²) in [6, 6.07) is 0. The minimum absolute atomic E-state index is 0.129. The van der Waals surface area contributed by atoms with Gasteiger partial charge in [-0.15, -0.1) is 0 Å². The molecule has 0 radical (unpaired) electrons. The monoisotopic (exact) mass is 172 g/mol. The summed E-state index contributed by atoms with van der Waals surface area (Å²) >= 11 is 0. The van der Waals surface area contributed by atoms with Gasteiger partial charge in [-0.2, -0.15) is 0 Å². The number of nitrogens with zero attached hydrogens (tertiary/aromatic N) is 3. The Bertz CT molecular complexity index is 249. The van der Waals surface area contributed by atoms with Gasteiger partial charge in [0.25, 0.3) is 0 Å². The highest BCUT2D eigenvalue weighted by Crippen LogP contribution is 2.22. The largest absolute Gasteiger partial charge is 0.510 e. The van der Waals surface area contributed by atoms with Gasteiger partial charge in [-0.3, -0.25) is 5.73 Å². The highest BCUT2D eigenvalue weighted by Gasteiger charge is 2.45. The first-order valence-electron chi connectivity index (χ1n) is 3.28. The Labute approximate surface area is 68.1 Å². The number of ether oxygens (including phenoxy) is 2. The lowest BCUT2D eigenvalue weighted by molar-refractivity contribution is 0.0492. The van der Waals surface area contributed by atoms with E-state index in [1.165, 1.54) is 0 Å². The van der Waals surface area contributed by atoms with Gasteiger partial charge >= 0.3 is 6.16 Å². The van der Waals surface area contributed by atoms with Crippen molar-refractivity contribution in [3.63, 3.8) is 0 Å². The topological polar surface area (TPSA) is 110 Å². The van der Waals surface area contributed by atoms with Crippen LogP contribution >= 0.6 is 0 Å². The van der Waals surface area contributed by atoms with E-state index in [9.17, 15) is 4.79 Å². The number of carbonyl (C=O) groups excluding carboxylic acids is 1. The molecule has 0 amide bonds. The molecule has 1 fully saturated rings. The normalized spacial score (nSPS) is 33.5. The van der Waals surface area contributed by atoms with Crippen LogP contribution in [0, 0.1) is 0 Å². The van der Waals surface area contributed by atoms with Gasteiger partial charge in [0.1, 0.15) is 0 Å². The van der Waals surface area contributed by atoms with Gasteiger partial charge in [-0.1, -0.05) is 5.11 Å². The summed E-state index contributed by atoms with van der Waals surface area (Å²) in [6.07, 6.45) is -1.44. The molecule has 1 heterocycles. The average molecular weight is 172 g/mol. The molecular weight excluding hydrogens is 164 g/mol. The molecule has 0 spiro atoms. The molecule has 66 valence electrons. The van der Waals surface area contributed by atoms with Crippen LogP contribution in [0.2, 0.25) is 0 Å². The van der Waals surface area contributed by atoms with Gasteiger partial charge in [0.15, 0.2) is 6.10 Å². The summed E-state index contributed by atoms with van der Waals surface area (Å²) in [5.74, 6) is 0. The van der Waals surface area contributed by atoms with E-state index in [2.05, 4.69) is 19.5 Å². The summed E-state index contributed by atoms with van der Waals surface area (Å²) in [6.45, 7) is 1.44. The third-order valence-electron chi connectivity index (χ3n) is 1.62. The maximum atomic E-state index is 10.6. The van der Waals surface area contributed by atoms with Crippen molar-refractivity contribution in [2.45, 2.75) is 18.8 Å². The van der Waals surface area contributed by atoms with Crippen molar-refractivity contribution < 1.29 is 14.3 Å². The molecule has 1 rings (SSSR count). The highest BCUT2D eigenvalue weighted by atomic mass is 16.8. The second-order valence-corrected chi connectivity index (χ2v) is 2.46. The number of rotatable bonds is 2. The molecule has 0 aromatic heterocycles. The molecule has 2 unspecified atom stereocenters. The number of hydrogen-bond donors (Lipinski definition) is 1. The Kier molecular flexibility index (Phi) is 2.07. The highest BCUT2D eigenvalue weighted by molar-refractivity contribution is 5.63. The van der Waals surface area contributed by atoms with E-state index in [1.807, 2.05) is 0 Å². The Balaban J connectivity index is 2.70. The van der Waals surface area contributed by atoms with Crippen molar-refractivity contribution in [1.82, 2.24) is 0 Å². The molecule has 1 aliphatic rings. The fourth-order valence-corrected chi connectivity index (χ4v) is 0.809. The predicted molar refractivity (Wildman–Crippen MR) is 38.0 cm³/mol. The molecule has 12 heavy (non-hydrogen) atoms. The molecule has 1 saturated heterocycles. The van der Waals surface area contributed by atoms with Crippen LogP contribution in [-0.2, 0) is 9.47 Å². The standard InChI is InChI=1S/C5H8N4O3/c1-3-5(6,2-8-9-7)12-4(10)11-3/h3H,2,6H2,1H3. The quantitative estimate of drug-likeness (QED) is 0.283. The zero-order valence-electron chi connectivity index (χ0n) is 6.43. The maximum Gasteiger partial charge on any atom is 0.510 e. The van der Waals surface area contributed by atoms with Crippen molar-refractivity contribution in [3.8, 4) is 0 Å². The first kappa shape index (κ1) is 8.63. The Morgan fingerprint density at radius 2 is 2.58 bits per heavy atom. The lowest BCUT2D eigenvalue weighted by Gasteiger charge is -2.20. The van der Waals surface area contributed by atoms with Crippen LogP contribution in [0.3, 0.4) is 0 Å². The molecule has 2 N–H and O–H groups in total. The third-order valence-corrected chi connectivity index (χ3v) is 1.62. The van der Waals surface area contributed by atoms with E-state index in [0.29, 0.717) is 0 Å². The van der Waals surface area contributed by atoms with Gasteiger partial charge in [0.2, 0.25) is 5.72 Å². The van der Waals surface area contributed by atoms with E-state index in [0.717, 1.165) is 0 Å². The van der Waals surface area contributed by atoms with Gasteiger partial charge in [0.05, 0.1) is 6.54 Å². The van der Waals surface area contributed by atoms with Crippen LogP contribution < -0.4 is 5.73 Å². The van der Waals surface area contributed by atoms with E-state index >= 15 is 0 Å². The fourth-order valence-electron chi connectivity index (χ4n) is 0.809. The molecule has 0 aliphatic carbocycles. The average Bonchev–Trinajstić information content (AvgIpc) is 2.23. The van der Waals surface area contributed by atoms with Crippen LogP contribution in [0.25, 0.3) is 10.4 Å². The van der Waals surface area contributed by atoms with Crippen molar-refractivity contribution in [2.75, 3.05) is 6.54 Å². The van der Waals surface area contributed by atoms with Crippen LogP contribution in [0.4, 0.5) is 4.79 Å². The SMILES string of the molecule is CC1OC(=O)OC1(N)CN=[N+]=[N-]. The lowest BCUT2D eigenvalue weighted by Crippen LogP contribution is -2.50. The predicted octanol–water partition coefficient (Wildman–Crippen LogP) is 0.507. The minimum atomic E-state index is -1.32. The van der Waals surface area contributed by atoms with Gasteiger partial charge < -0.3 is 9.47 Å². The second-order valence-electron chi connectivity index (χ2n) is 2.46. The Hall–Kier alpha value is -1.46. The summed E-state index contributed by atoms with van der Waals surface area (Å²) in [5, 5.41) is 3.21. The van der Waals surface area contributed by atoms with E-state index < -0.39 is 18.0 Å². The lowest BCUT2D eigenvalue weighted by atomic mass is 10.1. The van der Waals surface area contributed by atoms with E-state index in [1.54, 1.807) is 6.92 Å². The van der Waals surface area contributed by atoms with Gasteiger partial charge in [0, 0.05) is 4.91 Å². The summed E-state index contributed by atoms with van der Waals surface area (Å²) in [4.78, 5) is 13.1. The van der Waals surface area contributed by atoms with Crippen LogP contribution in [0.1, 0.15) is 6.92 Å². The molecule has 7 heteroatoms. The third kappa shape index (κ3) is 1.41. The zero-order valence-corrected chi connectivity index (χ0v) is 6.43. The summed E-state index contributed by atoms with van der Waals surface area (Å²) in [7, 11) is 0. The Morgan fingerprint density at radius 3 is 3.00 bits per heavy atom. The molecule has 0 aromatic rings. The van der Waals surface area contributed by atoms with Gasteiger partial charge in [-0.05, 0) is 12.5 Å².